The molecule has 1 rings (SSSR count). The maximum absolute atomic E-state index is 13.3. The molecule has 0 radical (unpaired) electrons. The zero-order valence-electron chi connectivity index (χ0n) is 7.87. The first-order chi connectivity index (χ1) is 6.56. The zero-order valence-corrected chi connectivity index (χ0v) is 8.63. The van der Waals surface area contributed by atoms with Gasteiger partial charge in [0.1, 0.15) is 5.82 Å². The van der Waals surface area contributed by atoms with Gasteiger partial charge in [0.25, 0.3) is 0 Å². The van der Waals surface area contributed by atoms with Crippen LogP contribution in [0.1, 0.15) is 18.6 Å². The van der Waals surface area contributed by atoms with Crippen molar-refractivity contribution in [3.05, 3.63) is 34.6 Å². The Bertz CT molecular complexity index is 319. The third kappa shape index (κ3) is 2.44. The number of benzene rings is 1. The van der Waals surface area contributed by atoms with Crippen molar-refractivity contribution in [2.75, 3.05) is 6.54 Å². The number of hydrogen-bond acceptors (Lipinski definition) is 2. The molecular weight excluding hydrogens is 205 g/mol. The van der Waals surface area contributed by atoms with Gasteiger partial charge in [0.2, 0.25) is 0 Å². The molecule has 0 aliphatic heterocycles. The number of rotatable bonds is 3. The van der Waals surface area contributed by atoms with E-state index in [0.717, 1.165) is 0 Å². The van der Waals surface area contributed by atoms with Crippen LogP contribution in [0.25, 0.3) is 0 Å². The highest BCUT2D eigenvalue weighted by Gasteiger charge is 2.18. The number of halogens is 2. The lowest BCUT2D eigenvalue weighted by molar-refractivity contribution is 0.118. The molecular formula is C10H13ClFNO. The molecule has 0 aromatic heterocycles. The van der Waals surface area contributed by atoms with Crippen LogP contribution in [0.5, 0.6) is 0 Å². The van der Waals surface area contributed by atoms with Crippen LogP contribution in [0.2, 0.25) is 5.02 Å². The van der Waals surface area contributed by atoms with E-state index in [0.29, 0.717) is 11.6 Å². The Morgan fingerprint density at radius 1 is 1.57 bits per heavy atom. The van der Waals surface area contributed by atoms with E-state index in [1.807, 2.05) is 0 Å². The molecule has 3 N–H and O–H groups in total. The Morgan fingerprint density at radius 2 is 2.21 bits per heavy atom. The van der Waals surface area contributed by atoms with Gasteiger partial charge >= 0.3 is 0 Å². The Morgan fingerprint density at radius 3 is 2.79 bits per heavy atom. The summed E-state index contributed by atoms with van der Waals surface area (Å²) in [6, 6.07) is 4.11. The topological polar surface area (TPSA) is 46.2 Å². The first-order valence-corrected chi connectivity index (χ1v) is 4.77. The predicted molar refractivity (Wildman–Crippen MR) is 54.6 cm³/mol. The molecule has 4 heteroatoms. The Labute approximate surface area is 87.5 Å². The van der Waals surface area contributed by atoms with E-state index in [4.69, 9.17) is 17.3 Å². The Kier molecular flexibility index (Phi) is 3.86. The molecule has 0 saturated carbocycles. The lowest BCUT2D eigenvalue weighted by atomic mass is 9.97. The normalized spacial score (nSPS) is 15.2. The average molecular weight is 218 g/mol. The molecule has 14 heavy (non-hydrogen) atoms. The van der Waals surface area contributed by atoms with Crippen molar-refractivity contribution < 1.29 is 9.50 Å². The Balaban J connectivity index is 2.99. The van der Waals surface area contributed by atoms with Crippen molar-refractivity contribution in [3.8, 4) is 0 Å². The van der Waals surface area contributed by atoms with Crippen molar-refractivity contribution in [1.29, 1.82) is 0 Å². The number of hydrogen-bond donors (Lipinski definition) is 2. The fraction of sp³-hybridized carbons (Fsp3) is 0.400. The first kappa shape index (κ1) is 11.4. The fourth-order valence-electron chi connectivity index (χ4n) is 1.18. The van der Waals surface area contributed by atoms with E-state index in [1.165, 1.54) is 18.2 Å². The fourth-order valence-corrected chi connectivity index (χ4v) is 1.36. The second-order valence-corrected chi connectivity index (χ2v) is 3.76. The summed E-state index contributed by atoms with van der Waals surface area (Å²) in [5.74, 6) is -0.648. The third-order valence-electron chi connectivity index (χ3n) is 2.19. The highest BCUT2D eigenvalue weighted by atomic mass is 35.5. The molecule has 0 fully saturated rings. The van der Waals surface area contributed by atoms with Crippen molar-refractivity contribution in [1.82, 2.24) is 0 Å². The molecule has 2 nitrogen and oxygen atoms in total. The van der Waals surface area contributed by atoms with E-state index < -0.39 is 11.9 Å². The largest absolute Gasteiger partial charge is 0.388 e. The van der Waals surface area contributed by atoms with Gasteiger partial charge < -0.3 is 10.8 Å². The summed E-state index contributed by atoms with van der Waals surface area (Å²) < 4.78 is 13.3. The van der Waals surface area contributed by atoms with E-state index in [-0.39, 0.29) is 11.5 Å². The van der Waals surface area contributed by atoms with Gasteiger partial charge in [-0.05, 0) is 30.7 Å². The van der Waals surface area contributed by atoms with Gasteiger partial charge in [0.05, 0.1) is 6.10 Å². The molecule has 0 aliphatic rings. The molecule has 2 unspecified atom stereocenters. The molecule has 0 bridgehead atoms. The maximum Gasteiger partial charge on any atom is 0.129 e. The smallest absolute Gasteiger partial charge is 0.129 e. The zero-order chi connectivity index (χ0) is 10.7. The summed E-state index contributed by atoms with van der Waals surface area (Å²) in [6.45, 7) is 2.05. The summed E-state index contributed by atoms with van der Waals surface area (Å²) in [7, 11) is 0. The van der Waals surface area contributed by atoms with Crippen molar-refractivity contribution in [3.63, 3.8) is 0 Å². The van der Waals surface area contributed by atoms with Crippen LogP contribution < -0.4 is 5.73 Å². The van der Waals surface area contributed by atoms with Crippen molar-refractivity contribution in [2.24, 2.45) is 11.7 Å². The molecule has 0 amide bonds. The quantitative estimate of drug-likeness (QED) is 0.815. The van der Waals surface area contributed by atoms with Crippen LogP contribution in [0, 0.1) is 11.7 Å². The van der Waals surface area contributed by atoms with Gasteiger partial charge in [-0.15, -0.1) is 0 Å². The van der Waals surface area contributed by atoms with Crippen molar-refractivity contribution >= 4 is 11.6 Å². The second kappa shape index (κ2) is 4.73. The SMILES string of the molecule is CC(CN)C(O)c1cc(Cl)ccc1F. The van der Waals surface area contributed by atoms with Crippen LogP contribution in [0.3, 0.4) is 0 Å². The lowest BCUT2D eigenvalue weighted by Gasteiger charge is -2.18. The second-order valence-electron chi connectivity index (χ2n) is 3.32. The van der Waals surface area contributed by atoms with E-state index in [9.17, 15) is 9.50 Å². The summed E-state index contributed by atoms with van der Waals surface area (Å²) in [5, 5.41) is 10.1. The van der Waals surface area contributed by atoms with Gasteiger partial charge in [0.15, 0.2) is 0 Å². The van der Waals surface area contributed by atoms with Gasteiger partial charge in [-0.3, -0.25) is 0 Å². The minimum Gasteiger partial charge on any atom is -0.388 e. The maximum atomic E-state index is 13.3. The molecule has 2 atom stereocenters. The first-order valence-electron chi connectivity index (χ1n) is 4.39. The van der Waals surface area contributed by atoms with Gasteiger partial charge in [-0.2, -0.15) is 0 Å². The van der Waals surface area contributed by atoms with Crippen LogP contribution in [-0.2, 0) is 0 Å². The molecule has 1 aromatic rings. The van der Waals surface area contributed by atoms with Crippen LogP contribution in [-0.4, -0.2) is 11.7 Å². The molecule has 0 saturated heterocycles. The number of aliphatic hydroxyl groups excluding tert-OH is 1. The third-order valence-corrected chi connectivity index (χ3v) is 2.42. The van der Waals surface area contributed by atoms with E-state index >= 15 is 0 Å². The average Bonchev–Trinajstić information content (AvgIpc) is 2.19. The lowest BCUT2D eigenvalue weighted by Crippen LogP contribution is -2.19. The van der Waals surface area contributed by atoms with Gasteiger partial charge in [-0.1, -0.05) is 18.5 Å². The minimum atomic E-state index is -0.904. The van der Waals surface area contributed by atoms with Crippen LogP contribution in [0.4, 0.5) is 4.39 Å². The summed E-state index contributed by atoms with van der Waals surface area (Å²) in [5.41, 5.74) is 5.59. The van der Waals surface area contributed by atoms with Gasteiger partial charge in [-0.25, -0.2) is 4.39 Å². The highest BCUT2D eigenvalue weighted by Crippen LogP contribution is 2.26. The molecule has 0 heterocycles. The molecule has 78 valence electrons. The summed E-state index contributed by atoms with van der Waals surface area (Å²) in [4.78, 5) is 0. The van der Waals surface area contributed by atoms with E-state index in [2.05, 4.69) is 0 Å². The summed E-state index contributed by atoms with van der Waals surface area (Å²) >= 11 is 5.70. The standard InChI is InChI=1S/C10H13ClFNO/c1-6(5-13)10(14)8-4-7(11)2-3-9(8)12/h2-4,6,10,14H,5,13H2,1H3. The van der Waals surface area contributed by atoms with E-state index in [1.54, 1.807) is 6.92 Å². The molecule has 1 aromatic carbocycles. The Hall–Kier alpha value is -0.640. The van der Waals surface area contributed by atoms with Crippen LogP contribution in [0.15, 0.2) is 18.2 Å². The van der Waals surface area contributed by atoms with Crippen molar-refractivity contribution in [2.45, 2.75) is 13.0 Å². The predicted octanol–water partition coefficient (Wildman–Crippen LogP) is 2.11. The van der Waals surface area contributed by atoms with Gasteiger partial charge in [0, 0.05) is 10.6 Å². The monoisotopic (exact) mass is 217 g/mol. The molecule has 0 spiro atoms. The minimum absolute atomic E-state index is 0.192. The number of nitrogens with two attached hydrogens (primary N) is 1. The summed E-state index contributed by atoms with van der Waals surface area (Å²) in [6.07, 6.45) is -0.904. The molecule has 0 aliphatic carbocycles. The number of aliphatic hydroxyl groups is 1. The van der Waals surface area contributed by atoms with Crippen LogP contribution >= 0.6 is 11.6 Å². The highest BCUT2D eigenvalue weighted by molar-refractivity contribution is 6.30.